The molecule has 2 amide bonds. The lowest BCUT2D eigenvalue weighted by atomic mass is 10.2. The van der Waals surface area contributed by atoms with Crippen LogP contribution < -0.4 is 10.6 Å². The molecule has 0 unspecified atom stereocenters. The summed E-state index contributed by atoms with van der Waals surface area (Å²) in [5.74, 6) is 0.160. The maximum Gasteiger partial charge on any atom is 0.314 e. The van der Waals surface area contributed by atoms with Crippen LogP contribution in [0.1, 0.15) is 26.7 Å². The van der Waals surface area contributed by atoms with Crippen LogP contribution in [-0.4, -0.2) is 24.9 Å². The zero-order chi connectivity index (χ0) is 9.40. The summed E-state index contributed by atoms with van der Waals surface area (Å²) >= 11 is 0. The molecule has 0 heterocycles. The summed E-state index contributed by atoms with van der Waals surface area (Å²) in [7, 11) is 0. The Bertz CT molecular complexity index is 157. The predicted molar refractivity (Wildman–Crippen MR) is 47.0 cm³/mol. The van der Waals surface area contributed by atoms with Crippen molar-refractivity contribution in [3.63, 3.8) is 0 Å². The second-order valence-corrected chi connectivity index (χ2v) is 2.59. The van der Waals surface area contributed by atoms with Gasteiger partial charge >= 0.3 is 6.03 Å². The van der Waals surface area contributed by atoms with Crippen molar-refractivity contribution in [3.8, 4) is 0 Å². The fraction of sp³-hybridized carbons (Fsp3) is 0.750. The maximum atomic E-state index is 10.8. The molecule has 70 valence electrons. The number of urea groups is 1. The summed E-state index contributed by atoms with van der Waals surface area (Å²) in [6.45, 7) is 4.59. The van der Waals surface area contributed by atoms with Gasteiger partial charge in [0.1, 0.15) is 5.78 Å². The van der Waals surface area contributed by atoms with Crippen LogP contribution >= 0.6 is 0 Å². The van der Waals surface area contributed by atoms with Gasteiger partial charge in [-0.15, -0.1) is 0 Å². The molecule has 2 N–H and O–H groups in total. The molecule has 4 heteroatoms. The van der Waals surface area contributed by atoms with Gasteiger partial charge in [-0.2, -0.15) is 0 Å². The third kappa shape index (κ3) is 7.05. The SMILES string of the molecule is CCNC(=O)NCCCC(C)=O. The van der Waals surface area contributed by atoms with Crippen LogP contribution in [0.3, 0.4) is 0 Å². The van der Waals surface area contributed by atoms with Gasteiger partial charge < -0.3 is 15.4 Å². The molecule has 0 radical (unpaired) electrons. The zero-order valence-electron chi connectivity index (χ0n) is 7.64. The number of nitrogens with one attached hydrogen (secondary N) is 2. The zero-order valence-corrected chi connectivity index (χ0v) is 7.64. The van der Waals surface area contributed by atoms with Gasteiger partial charge in [0.2, 0.25) is 0 Å². The Morgan fingerprint density at radius 3 is 2.42 bits per heavy atom. The van der Waals surface area contributed by atoms with Crippen molar-refractivity contribution >= 4 is 11.8 Å². The van der Waals surface area contributed by atoms with Crippen molar-refractivity contribution in [1.29, 1.82) is 0 Å². The first-order chi connectivity index (χ1) is 5.66. The number of carbonyl (C=O) groups is 2. The van der Waals surface area contributed by atoms with Gasteiger partial charge in [-0.3, -0.25) is 0 Å². The lowest BCUT2D eigenvalue weighted by Crippen LogP contribution is -2.35. The van der Waals surface area contributed by atoms with Crippen molar-refractivity contribution < 1.29 is 9.59 Å². The van der Waals surface area contributed by atoms with E-state index in [4.69, 9.17) is 0 Å². The highest BCUT2D eigenvalue weighted by Gasteiger charge is 1.97. The molecule has 0 rings (SSSR count). The Hall–Kier alpha value is -1.06. The van der Waals surface area contributed by atoms with Crippen LogP contribution in [0.4, 0.5) is 4.79 Å². The topological polar surface area (TPSA) is 58.2 Å². The Balaban J connectivity index is 3.19. The lowest BCUT2D eigenvalue weighted by molar-refractivity contribution is -0.117. The molecule has 0 aromatic heterocycles. The van der Waals surface area contributed by atoms with Crippen molar-refractivity contribution in [2.24, 2.45) is 0 Å². The second-order valence-electron chi connectivity index (χ2n) is 2.59. The summed E-state index contributed by atoms with van der Waals surface area (Å²) < 4.78 is 0. The van der Waals surface area contributed by atoms with Crippen molar-refractivity contribution in [3.05, 3.63) is 0 Å². The minimum atomic E-state index is -0.166. The smallest absolute Gasteiger partial charge is 0.314 e. The highest BCUT2D eigenvalue weighted by Crippen LogP contribution is 1.87. The first-order valence-electron chi connectivity index (χ1n) is 4.18. The molecular formula is C8H16N2O2. The molecule has 0 saturated carbocycles. The van der Waals surface area contributed by atoms with Gasteiger partial charge in [0, 0.05) is 19.5 Å². The van der Waals surface area contributed by atoms with E-state index in [-0.39, 0.29) is 11.8 Å². The first kappa shape index (κ1) is 10.9. The molecule has 0 aliphatic carbocycles. The Labute approximate surface area is 72.7 Å². The summed E-state index contributed by atoms with van der Waals surface area (Å²) in [6, 6.07) is -0.166. The van der Waals surface area contributed by atoms with Crippen molar-refractivity contribution in [2.45, 2.75) is 26.7 Å². The predicted octanol–water partition coefficient (Wildman–Crippen LogP) is 0.675. The Morgan fingerprint density at radius 1 is 1.25 bits per heavy atom. The quantitative estimate of drug-likeness (QED) is 0.599. The molecule has 0 aliphatic heterocycles. The molecule has 0 atom stereocenters. The molecule has 0 bridgehead atoms. The number of amides is 2. The number of hydrogen-bond acceptors (Lipinski definition) is 2. The minimum Gasteiger partial charge on any atom is -0.338 e. The van der Waals surface area contributed by atoms with Gasteiger partial charge in [0.25, 0.3) is 0 Å². The summed E-state index contributed by atoms with van der Waals surface area (Å²) in [6.07, 6.45) is 1.25. The third-order valence-electron chi connectivity index (χ3n) is 1.33. The van der Waals surface area contributed by atoms with E-state index < -0.39 is 0 Å². The summed E-state index contributed by atoms with van der Waals surface area (Å²) in [5, 5.41) is 5.24. The fourth-order valence-electron chi connectivity index (χ4n) is 0.762. The van der Waals surface area contributed by atoms with E-state index >= 15 is 0 Å². The van der Waals surface area contributed by atoms with E-state index in [0.29, 0.717) is 25.9 Å². The van der Waals surface area contributed by atoms with Gasteiger partial charge in [0.05, 0.1) is 0 Å². The largest absolute Gasteiger partial charge is 0.338 e. The summed E-state index contributed by atoms with van der Waals surface area (Å²) in [5.41, 5.74) is 0. The Kier molecular flexibility index (Phi) is 6.05. The van der Waals surface area contributed by atoms with Crippen molar-refractivity contribution in [2.75, 3.05) is 13.1 Å². The third-order valence-corrected chi connectivity index (χ3v) is 1.33. The van der Waals surface area contributed by atoms with Crippen LogP contribution in [0.5, 0.6) is 0 Å². The van der Waals surface area contributed by atoms with E-state index in [2.05, 4.69) is 10.6 Å². The summed E-state index contributed by atoms with van der Waals surface area (Å²) in [4.78, 5) is 21.3. The molecule has 0 saturated heterocycles. The number of Topliss-reactive ketones (excluding diaryl/α,β-unsaturated/α-hetero) is 1. The maximum absolute atomic E-state index is 10.8. The van der Waals surface area contributed by atoms with Crippen LogP contribution in [0, 0.1) is 0 Å². The van der Waals surface area contributed by atoms with Crippen LogP contribution in [0.25, 0.3) is 0 Å². The molecule has 4 nitrogen and oxygen atoms in total. The minimum absolute atomic E-state index is 0.160. The normalized spacial score (nSPS) is 9.17. The average molecular weight is 172 g/mol. The molecule has 0 fully saturated rings. The van der Waals surface area contributed by atoms with E-state index in [9.17, 15) is 9.59 Å². The van der Waals surface area contributed by atoms with Crippen molar-refractivity contribution in [1.82, 2.24) is 10.6 Å². The standard InChI is InChI=1S/C8H16N2O2/c1-3-9-8(12)10-6-4-5-7(2)11/h3-6H2,1-2H3,(H2,9,10,12). The Morgan fingerprint density at radius 2 is 1.92 bits per heavy atom. The van der Waals surface area contributed by atoms with E-state index in [1.165, 1.54) is 0 Å². The van der Waals surface area contributed by atoms with Gasteiger partial charge in [0.15, 0.2) is 0 Å². The number of hydrogen-bond donors (Lipinski definition) is 2. The van der Waals surface area contributed by atoms with E-state index in [1.807, 2.05) is 6.92 Å². The number of carbonyl (C=O) groups excluding carboxylic acids is 2. The fourth-order valence-corrected chi connectivity index (χ4v) is 0.762. The molecule has 0 aromatic rings. The molecule has 0 aliphatic rings. The molecule has 12 heavy (non-hydrogen) atoms. The number of ketones is 1. The first-order valence-corrected chi connectivity index (χ1v) is 4.18. The molecule has 0 spiro atoms. The van der Waals surface area contributed by atoms with Gasteiger partial charge in [-0.25, -0.2) is 4.79 Å². The molecular weight excluding hydrogens is 156 g/mol. The van der Waals surface area contributed by atoms with Crippen LogP contribution in [0.2, 0.25) is 0 Å². The highest BCUT2D eigenvalue weighted by molar-refractivity contribution is 5.76. The van der Waals surface area contributed by atoms with Gasteiger partial charge in [-0.1, -0.05) is 0 Å². The average Bonchev–Trinajstić information content (AvgIpc) is 1.98. The van der Waals surface area contributed by atoms with Gasteiger partial charge in [-0.05, 0) is 20.3 Å². The van der Waals surface area contributed by atoms with E-state index in [1.54, 1.807) is 6.92 Å². The highest BCUT2D eigenvalue weighted by atomic mass is 16.2. The lowest BCUT2D eigenvalue weighted by Gasteiger charge is -2.03. The van der Waals surface area contributed by atoms with Crippen LogP contribution in [-0.2, 0) is 4.79 Å². The number of rotatable bonds is 5. The van der Waals surface area contributed by atoms with Crippen LogP contribution in [0.15, 0.2) is 0 Å². The monoisotopic (exact) mass is 172 g/mol. The van der Waals surface area contributed by atoms with E-state index in [0.717, 1.165) is 0 Å². The second kappa shape index (κ2) is 6.64. The molecule has 0 aromatic carbocycles.